The van der Waals surface area contributed by atoms with E-state index >= 15 is 0 Å². The van der Waals surface area contributed by atoms with Gasteiger partial charge in [0.25, 0.3) is 0 Å². The van der Waals surface area contributed by atoms with Crippen LogP contribution < -0.4 is 0 Å². The van der Waals surface area contributed by atoms with Gasteiger partial charge in [-0.3, -0.25) is 4.98 Å². The summed E-state index contributed by atoms with van der Waals surface area (Å²) in [6, 6.07) is 5.86. The number of hydrogen-bond donors (Lipinski definition) is 1. The van der Waals surface area contributed by atoms with Crippen molar-refractivity contribution in [2.45, 2.75) is 12.5 Å². The van der Waals surface area contributed by atoms with Gasteiger partial charge in [0, 0.05) is 18.2 Å². The van der Waals surface area contributed by atoms with E-state index in [-0.39, 0.29) is 22.6 Å². The molecule has 0 aliphatic heterocycles. The van der Waals surface area contributed by atoms with Crippen LogP contribution in [0, 0.1) is 11.6 Å². The Balaban J connectivity index is 2.24. The van der Waals surface area contributed by atoms with E-state index in [2.05, 4.69) is 4.98 Å². The first-order chi connectivity index (χ1) is 8.59. The van der Waals surface area contributed by atoms with Gasteiger partial charge in [-0.05, 0) is 17.7 Å². The molecule has 1 heterocycles. The highest BCUT2D eigenvalue weighted by atomic mass is 35.5. The van der Waals surface area contributed by atoms with E-state index in [1.54, 1.807) is 6.07 Å². The first-order valence-electron chi connectivity index (χ1n) is 5.30. The number of aromatic nitrogens is 1. The lowest BCUT2D eigenvalue weighted by Gasteiger charge is -2.12. The maximum absolute atomic E-state index is 13.6. The highest BCUT2D eigenvalue weighted by molar-refractivity contribution is 6.30. The average molecular weight is 270 g/mol. The molecular formula is C13H10ClF2NO. The fourth-order valence-corrected chi connectivity index (χ4v) is 1.87. The zero-order chi connectivity index (χ0) is 13.1. The number of halogens is 3. The van der Waals surface area contributed by atoms with Crippen LogP contribution in [0.25, 0.3) is 0 Å². The van der Waals surface area contributed by atoms with Crippen molar-refractivity contribution < 1.29 is 13.9 Å². The average Bonchev–Trinajstić information content (AvgIpc) is 2.35. The highest BCUT2D eigenvalue weighted by Crippen LogP contribution is 2.24. The molecule has 0 saturated heterocycles. The molecule has 1 aromatic heterocycles. The third kappa shape index (κ3) is 2.66. The monoisotopic (exact) mass is 269 g/mol. The highest BCUT2D eigenvalue weighted by Gasteiger charge is 2.16. The SMILES string of the molecule is OC(Cc1cccc(Cl)c1F)c1ccncc1F. The minimum Gasteiger partial charge on any atom is -0.388 e. The number of aliphatic hydroxyl groups excluding tert-OH is 1. The first kappa shape index (κ1) is 12.9. The largest absolute Gasteiger partial charge is 0.388 e. The molecule has 0 spiro atoms. The molecule has 0 radical (unpaired) electrons. The van der Waals surface area contributed by atoms with Gasteiger partial charge in [-0.1, -0.05) is 23.7 Å². The van der Waals surface area contributed by atoms with Gasteiger partial charge in [0.05, 0.1) is 17.3 Å². The van der Waals surface area contributed by atoms with Crippen molar-refractivity contribution in [2.75, 3.05) is 0 Å². The van der Waals surface area contributed by atoms with Gasteiger partial charge in [-0.2, -0.15) is 0 Å². The number of nitrogens with zero attached hydrogens (tertiary/aromatic N) is 1. The molecule has 0 saturated carbocycles. The zero-order valence-electron chi connectivity index (χ0n) is 9.28. The van der Waals surface area contributed by atoms with Crippen LogP contribution in [0.4, 0.5) is 8.78 Å². The maximum atomic E-state index is 13.6. The lowest BCUT2D eigenvalue weighted by atomic mass is 10.0. The van der Waals surface area contributed by atoms with Crippen molar-refractivity contribution in [3.05, 3.63) is 64.4 Å². The number of hydrogen-bond acceptors (Lipinski definition) is 2. The second-order valence-electron chi connectivity index (χ2n) is 3.83. The van der Waals surface area contributed by atoms with Crippen molar-refractivity contribution in [3.63, 3.8) is 0 Å². The smallest absolute Gasteiger partial charge is 0.147 e. The third-order valence-corrected chi connectivity index (χ3v) is 2.90. The molecule has 0 aliphatic carbocycles. The molecular weight excluding hydrogens is 260 g/mol. The third-order valence-electron chi connectivity index (χ3n) is 2.61. The fraction of sp³-hybridized carbons (Fsp3) is 0.154. The number of benzene rings is 1. The van der Waals surface area contributed by atoms with Crippen molar-refractivity contribution in [1.82, 2.24) is 4.98 Å². The molecule has 0 aliphatic rings. The molecule has 2 rings (SSSR count). The van der Waals surface area contributed by atoms with E-state index < -0.39 is 17.7 Å². The minimum atomic E-state index is -1.14. The molecule has 0 fully saturated rings. The molecule has 1 aromatic carbocycles. The van der Waals surface area contributed by atoms with Crippen molar-refractivity contribution in [2.24, 2.45) is 0 Å². The minimum absolute atomic E-state index is 0.0186. The Morgan fingerprint density at radius 2 is 2.06 bits per heavy atom. The Hall–Kier alpha value is -1.52. The summed E-state index contributed by atoms with van der Waals surface area (Å²) in [5, 5.41) is 9.87. The Bertz CT molecular complexity index is 562. The standard InChI is InChI=1S/C13H10ClF2NO/c14-10-3-1-2-8(13(10)16)6-12(18)9-4-5-17-7-11(9)15/h1-5,7,12,18H,6H2. The molecule has 2 nitrogen and oxygen atoms in total. The van der Waals surface area contributed by atoms with E-state index in [9.17, 15) is 13.9 Å². The summed E-state index contributed by atoms with van der Waals surface area (Å²) in [6.07, 6.45) is 1.19. The normalized spacial score (nSPS) is 12.4. The molecule has 0 bridgehead atoms. The molecule has 2 aromatic rings. The van der Waals surface area contributed by atoms with E-state index in [1.807, 2.05) is 0 Å². The van der Waals surface area contributed by atoms with Crippen LogP contribution in [0.15, 0.2) is 36.7 Å². The predicted octanol–water partition coefficient (Wildman–Crippen LogP) is 3.29. The second-order valence-corrected chi connectivity index (χ2v) is 4.24. The summed E-state index contributed by atoms with van der Waals surface area (Å²) in [5.41, 5.74) is 0.329. The molecule has 1 atom stereocenters. The molecule has 94 valence electrons. The van der Waals surface area contributed by atoms with E-state index in [4.69, 9.17) is 11.6 Å². The Morgan fingerprint density at radius 1 is 1.28 bits per heavy atom. The fourth-order valence-electron chi connectivity index (χ4n) is 1.68. The molecule has 5 heteroatoms. The van der Waals surface area contributed by atoms with Crippen molar-refractivity contribution in [1.29, 1.82) is 0 Å². The number of aliphatic hydroxyl groups is 1. The summed E-state index contributed by atoms with van der Waals surface area (Å²) in [4.78, 5) is 3.58. The summed E-state index contributed by atoms with van der Waals surface area (Å²) in [6.45, 7) is 0. The van der Waals surface area contributed by atoms with E-state index in [0.29, 0.717) is 0 Å². The lowest BCUT2D eigenvalue weighted by Crippen LogP contribution is -2.06. The lowest BCUT2D eigenvalue weighted by molar-refractivity contribution is 0.172. The van der Waals surface area contributed by atoms with E-state index in [0.717, 1.165) is 6.20 Å². The topological polar surface area (TPSA) is 33.1 Å². The Labute approximate surface area is 108 Å². The van der Waals surface area contributed by atoms with Gasteiger partial charge in [0.1, 0.15) is 11.6 Å². The molecule has 1 unspecified atom stereocenters. The van der Waals surface area contributed by atoms with Crippen molar-refractivity contribution >= 4 is 11.6 Å². The summed E-state index contributed by atoms with van der Waals surface area (Å²) >= 11 is 5.63. The van der Waals surface area contributed by atoms with Gasteiger partial charge < -0.3 is 5.11 Å². The van der Waals surface area contributed by atoms with Crippen molar-refractivity contribution in [3.8, 4) is 0 Å². The first-order valence-corrected chi connectivity index (χ1v) is 5.67. The van der Waals surface area contributed by atoms with Crippen LogP contribution in [0.2, 0.25) is 5.02 Å². The second kappa shape index (κ2) is 5.42. The van der Waals surface area contributed by atoms with Crippen LogP contribution in [0.3, 0.4) is 0 Å². The van der Waals surface area contributed by atoms with Gasteiger partial charge in [-0.25, -0.2) is 8.78 Å². The van der Waals surface area contributed by atoms with Gasteiger partial charge in [0.15, 0.2) is 0 Å². The summed E-state index contributed by atoms with van der Waals surface area (Å²) < 4.78 is 27.0. The van der Waals surface area contributed by atoms with Gasteiger partial charge >= 0.3 is 0 Å². The van der Waals surface area contributed by atoms with Crippen LogP contribution in [0.5, 0.6) is 0 Å². The van der Waals surface area contributed by atoms with Gasteiger partial charge in [0.2, 0.25) is 0 Å². The van der Waals surface area contributed by atoms with E-state index in [1.165, 1.54) is 24.4 Å². The zero-order valence-corrected chi connectivity index (χ0v) is 10.0. The maximum Gasteiger partial charge on any atom is 0.147 e. The molecule has 1 N–H and O–H groups in total. The quantitative estimate of drug-likeness (QED) is 0.927. The van der Waals surface area contributed by atoms with Crippen LogP contribution in [0.1, 0.15) is 17.2 Å². The van der Waals surface area contributed by atoms with Crippen LogP contribution >= 0.6 is 11.6 Å². The van der Waals surface area contributed by atoms with Crippen LogP contribution in [-0.4, -0.2) is 10.1 Å². The van der Waals surface area contributed by atoms with Gasteiger partial charge in [-0.15, -0.1) is 0 Å². The predicted molar refractivity (Wildman–Crippen MR) is 64.3 cm³/mol. The Kier molecular flexibility index (Phi) is 3.89. The molecule has 0 amide bonds. The summed E-state index contributed by atoms with van der Waals surface area (Å²) in [5.74, 6) is -1.21. The Morgan fingerprint density at radius 3 is 2.78 bits per heavy atom. The molecule has 18 heavy (non-hydrogen) atoms. The number of pyridine rings is 1. The number of rotatable bonds is 3. The summed E-state index contributed by atoms with van der Waals surface area (Å²) in [7, 11) is 0. The van der Waals surface area contributed by atoms with Crippen LogP contribution in [-0.2, 0) is 6.42 Å².